The predicted octanol–water partition coefficient (Wildman–Crippen LogP) is 1.36. The van der Waals surface area contributed by atoms with E-state index in [9.17, 15) is 8.42 Å². The minimum Gasteiger partial charge on any atom is -0.502 e. The fourth-order valence-electron chi connectivity index (χ4n) is 1.63. The lowest BCUT2D eigenvalue weighted by Gasteiger charge is -2.37. The molecule has 1 rings (SSSR count). The third kappa shape index (κ3) is 3.03. The van der Waals surface area contributed by atoms with E-state index >= 15 is 0 Å². The van der Waals surface area contributed by atoms with E-state index < -0.39 is 9.84 Å². The van der Waals surface area contributed by atoms with E-state index in [1.807, 2.05) is 19.9 Å². The summed E-state index contributed by atoms with van der Waals surface area (Å²) in [6.45, 7) is 4.49. The van der Waals surface area contributed by atoms with Gasteiger partial charge in [-0.2, -0.15) is 0 Å². The maximum atomic E-state index is 10.9. The number of ether oxygens (including phenoxy) is 1. The SMILES string of the molecule is C/C=C/OCCC1(C)CS(=O)(=O)C1. The van der Waals surface area contributed by atoms with E-state index in [0.29, 0.717) is 18.1 Å². The van der Waals surface area contributed by atoms with Crippen LogP contribution in [0.3, 0.4) is 0 Å². The van der Waals surface area contributed by atoms with Crippen molar-refractivity contribution in [3.63, 3.8) is 0 Å². The smallest absolute Gasteiger partial charge is 0.151 e. The van der Waals surface area contributed by atoms with Crippen molar-refractivity contribution in [3.05, 3.63) is 12.3 Å². The van der Waals surface area contributed by atoms with Crippen molar-refractivity contribution in [3.8, 4) is 0 Å². The number of hydrogen-bond donors (Lipinski definition) is 0. The fourth-order valence-corrected chi connectivity index (χ4v) is 3.96. The summed E-state index contributed by atoms with van der Waals surface area (Å²) in [6.07, 6.45) is 4.27. The summed E-state index contributed by atoms with van der Waals surface area (Å²) in [4.78, 5) is 0. The molecule has 1 fully saturated rings. The molecule has 0 saturated carbocycles. The normalized spacial score (nSPS) is 24.2. The molecular weight excluding hydrogens is 188 g/mol. The van der Waals surface area contributed by atoms with E-state index in [4.69, 9.17) is 4.74 Å². The lowest BCUT2D eigenvalue weighted by Crippen LogP contribution is -2.46. The van der Waals surface area contributed by atoms with Gasteiger partial charge in [-0.3, -0.25) is 0 Å². The van der Waals surface area contributed by atoms with Gasteiger partial charge in [0, 0.05) is 0 Å². The number of rotatable bonds is 4. The first-order chi connectivity index (χ1) is 5.97. The molecule has 0 radical (unpaired) electrons. The van der Waals surface area contributed by atoms with Gasteiger partial charge in [0.25, 0.3) is 0 Å². The zero-order chi connectivity index (χ0) is 9.95. The average molecular weight is 204 g/mol. The molecular formula is C9H16O3S. The van der Waals surface area contributed by atoms with Gasteiger partial charge in [-0.25, -0.2) is 8.42 Å². The maximum absolute atomic E-state index is 10.9. The second-order valence-electron chi connectivity index (χ2n) is 3.93. The third-order valence-corrected chi connectivity index (χ3v) is 4.47. The molecule has 1 aliphatic rings. The van der Waals surface area contributed by atoms with Gasteiger partial charge in [0.2, 0.25) is 0 Å². The molecule has 3 nitrogen and oxygen atoms in total. The van der Waals surface area contributed by atoms with Crippen molar-refractivity contribution < 1.29 is 13.2 Å². The van der Waals surface area contributed by atoms with Gasteiger partial charge in [0.05, 0.1) is 24.4 Å². The first-order valence-electron chi connectivity index (χ1n) is 4.41. The van der Waals surface area contributed by atoms with Crippen LogP contribution in [0.5, 0.6) is 0 Å². The molecule has 4 heteroatoms. The van der Waals surface area contributed by atoms with Gasteiger partial charge in [0.15, 0.2) is 9.84 Å². The summed E-state index contributed by atoms with van der Waals surface area (Å²) in [5.41, 5.74) is -0.0413. The maximum Gasteiger partial charge on any atom is 0.151 e. The monoisotopic (exact) mass is 204 g/mol. The average Bonchev–Trinajstić information content (AvgIpc) is 1.94. The Labute approximate surface area is 79.7 Å². The number of sulfone groups is 1. The standard InChI is InChI=1S/C9H16O3S/c1-3-5-12-6-4-9(2)7-13(10,11)8-9/h3,5H,4,6-8H2,1-2H3/b5-3+. The van der Waals surface area contributed by atoms with Gasteiger partial charge in [0.1, 0.15) is 0 Å². The highest BCUT2D eigenvalue weighted by Gasteiger charge is 2.44. The van der Waals surface area contributed by atoms with Crippen LogP contribution in [0.1, 0.15) is 20.3 Å². The van der Waals surface area contributed by atoms with Gasteiger partial charge in [-0.15, -0.1) is 0 Å². The van der Waals surface area contributed by atoms with Crippen molar-refractivity contribution >= 4 is 9.84 Å². The van der Waals surface area contributed by atoms with E-state index in [-0.39, 0.29) is 5.41 Å². The largest absolute Gasteiger partial charge is 0.502 e. The molecule has 0 amide bonds. The highest BCUT2D eigenvalue weighted by Crippen LogP contribution is 2.35. The van der Waals surface area contributed by atoms with Crippen LogP contribution in [0.2, 0.25) is 0 Å². The predicted molar refractivity (Wildman–Crippen MR) is 52.1 cm³/mol. The van der Waals surface area contributed by atoms with Crippen molar-refractivity contribution in [1.82, 2.24) is 0 Å². The van der Waals surface area contributed by atoms with Gasteiger partial charge < -0.3 is 4.74 Å². The first-order valence-corrected chi connectivity index (χ1v) is 6.23. The Kier molecular flexibility index (Phi) is 3.01. The lowest BCUT2D eigenvalue weighted by atomic mass is 9.91. The Morgan fingerprint density at radius 3 is 2.54 bits per heavy atom. The summed E-state index contributed by atoms with van der Waals surface area (Å²) in [7, 11) is -2.71. The zero-order valence-corrected chi connectivity index (χ0v) is 8.93. The van der Waals surface area contributed by atoms with Crippen LogP contribution in [0.15, 0.2) is 12.3 Å². The van der Waals surface area contributed by atoms with Crippen molar-refractivity contribution in [1.29, 1.82) is 0 Å². The van der Waals surface area contributed by atoms with Crippen LogP contribution < -0.4 is 0 Å². The molecule has 0 aliphatic carbocycles. The Morgan fingerprint density at radius 1 is 1.46 bits per heavy atom. The van der Waals surface area contributed by atoms with Crippen LogP contribution in [-0.4, -0.2) is 26.5 Å². The molecule has 13 heavy (non-hydrogen) atoms. The van der Waals surface area contributed by atoms with Gasteiger partial charge in [-0.05, 0) is 18.8 Å². The molecule has 0 aromatic carbocycles. The first kappa shape index (κ1) is 10.6. The highest BCUT2D eigenvalue weighted by molar-refractivity contribution is 7.92. The van der Waals surface area contributed by atoms with Gasteiger partial charge >= 0.3 is 0 Å². The van der Waals surface area contributed by atoms with Crippen LogP contribution in [-0.2, 0) is 14.6 Å². The summed E-state index contributed by atoms with van der Waals surface area (Å²) in [5, 5.41) is 0. The molecule has 0 spiro atoms. The van der Waals surface area contributed by atoms with Crippen LogP contribution in [0.25, 0.3) is 0 Å². The minimum absolute atomic E-state index is 0.0413. The van der Waals surface area contributed by atoms with Crippen molar-refractivity contribution in [2.24, 2.45) is 5.41 Å². The Morgan fingerprint density at radius 2 is 2.08 bits per heavy atom. The van der Waals surface area contributed by atoms with E-state index in [2.05, 4.69) is 0 Å². The topological polar surface area (TPSA) is 43.4 Å². The van der Waals surface area contributed by atoms with E-state index in [1.54, 1.807) is 6.26 Å². The summed E-state index contributed by atoms with van der Waals surface area (Å²) in [6, 6.07) is 0. The Balaban J connectivity index is 2.24. The zero-order valence-electron chi connectivity index (χ0n) is 8.12. The molecule has 0 N–H and O–H groups in total. The molecule has 0 bridgehead atoms. The van der Waals surface area contributed by atoms with Crippen LogP contribution in [0.4, 0.5) is 0 Å². The fraction of sp³-hybridized carbons (Fsp3) is 0.778. The van der Waals surface area contributed by atoms with Crippen molar-refractivity contribution in [2.45, 2.75) is 20.3 Å². The lowest BCUT2D eigenvalue weighted by molar-refractivity contribution is 0.191. The second kappa shape index (κ2) is 3.70. The highest BCUT2D eigenvalue weighted by atomic mass is 32.2. The quantitative estimate of drug-likeness (QED) is 0.513. The number of hydrogen-bond acceptors (Lipinski definition) is 3. The van der Waals surface area contributed by atoms with Crippen LogP contribution >= 0.6 is 0 Å². The summed E-state index contributed by atoms with van der Waals surface area (Å²) < 4.78 is 27.0. The Bertz CT molecular complexity index is 278. The third-order valence-electron chi connectivity index (χ3n) is 2.19. The second-order valence-corrected chi connectivity index (χ2v) is 6.00. The molecule has 1 heterocycles. The van der Waals surface area contributed by atoms with E-state index in [0.717, 1.165) is 6.42 Å². The molecule has 0 aromatic heterocycles. The molecule has 0 aromatic rings. The summed E-state index contributed by atoms with van der Waals surface area (Å²) in [5.74, 6) is 0.637. The van der Waals surface area contributed by atoms with Crippen molar-refractivity contribution in [2.75, 3.05) is 18.1 Å². The number of allylic oxidation sites excluding steroid dienone is 1. The molecule has 0 atom stereocenters. The molecule has 1 aliphatic heterocycles. The van der Waals surface area contributed by atoms with Crippen LogP contribution in [0, 0.1) is 5.41 Å². The van der Waals surface area contributed by atoms with Gasteiger partial charge in [-0.1, -0.05) is 13.0 Å². The minimum atomic E-state index is -2.71. The molecule has 76 valence electrons. The Hall–Kier alpha value is -0.510. The van der Waals surface area contributed by atoms with E-state index in [1.165, 1.54) is 0 Å². The molecule has 1 saturated heterocycles. The molecule has 0 unspecified atom stereocenters. The summed E-state index contributed by atoms with van der Waals surface area (Å²) >= 11 is 0.